The minimum Gasteiger partial charge on any atom is -0.299 e. The van der Waals surface area contributed by atoms with E-state index in [-0.39, 0.29) is 11.1 Å². The van der Waals surface area contributed by atoms with Crippen molar-refractivity contribution in [3.63, 3.8) is 0 Å². The van der Waals surface area contributed by atoms with Crippen LogP contribution in [0, 0.1) is 29.6 Å². The highest BCUT2D eigenvalue weighted by atomic mass is 15.3. The maximum Gasteiger partial charge on any atom is 0.0161 e. The van der Waals surface area contributed by atoms with Crippen molar-refractivity contribution < 1.29 is 0 Å². The number of hydrogen-bond acceptors (Lipinski definition) is 2. The molecule has 2 aliphatic heterocycles. The molecule has 8 atom stereocenters. The maximum absolute atomic E-state index is 3.01. The zero-order valence-electron chi connectivity index (χ0n) is 21.3. The van der Waals surface area contributed by atoms with Crippen LogP contribution in [0.15, 0.2) is 0 Å². The predicted molar refractivity (Wildman–Crippen MR) is 125 cm³/mol. The molecule has 28 heavy (non-hydrogen) atoms. The molecule has 166 valence electrons. The second-order valence-corrected chi connectivity index (χ2v) is 12.5. The Morgan fingerprint density at radius 3 is 1.68 bits per heavy atom. The molecule has 2 heteroatoms. The van der Waals surface area contributed by atoms with Gasteiger partial charge in [0.25, 0.3) is 0 Å². The third-order valence-electron chi connectivity index (χ3n) is 9.14. The Labute approximate surface area is 177 Å². The van der Waals surface area contributed by atoms with E-state index in [4.69, 9.17) is 0 Å². The van der Waals surface area contributed by atoms with Crippen LogP contribution >= 0.6 is 0 Å². The van der Waals surface area contributed by atoms with Gasteiger partial charge in [-0.1, -0.05) is 34.6 Å². The third kappa shape index (κ3) is 4.80. The van der Waals surface area contributed by atoms with Crippen molar-refractivity contribution in [3.8, 4) is 0 Å². The molecule has 2 heterocycles. The summed E-state index contributed by atoms with van der Waals surface area (Å²) in [6.45, 7) is 27.6. The van der Waals surface area contributed by atoms with E-state index >= 15 is 0 Å². The van der Waals surface area contributed by atoms with Gasteiger partial charge in [-0.25, -0.2) is 0 Å². The van der Waals surface area contributed by atoms with E-state index in [1.54, 1.807) is 0 Å². The lowest BCUT2D eigenvalue weighted by Gasteiger charge is -2.57. The van der Waals surface area contributed by atoms with Crippen molar-refractivity contribution >= 4 is 0 Å². The monoisotopic (exact) mass is 392 g/mol. The summed E-state index contributed by atoms with van der Waals surface area (Å²) in [5.41, 5.74) is 0.529. The summed E-state index contributed by atoms with van der Waals surface area (Å²) < 4.78 is 0. The standard InChI is InChI=1S/C26H52N2/c1-17-13-22(6)28(26(10,11)15-19(3)23(17)7)24-18(2)14-21(5)27(12)25(8,9)16-20(24)4/h17-24H,13-16H2,1-12H3. The van der Waals surface area contributed by atoms with Gasteiger partial charge in [0.1, 0.15) is 0 Å². The molecule has 0 N–H and O–H groups in total. The smallest absolute Gasteiger partial charge is 0.0161 e. The highest BCUT2D eigenvalue weighted by Crippen LogP contribution is 2.44. The molecular formula is C26H52N2. The summed E-state index contributed by atoms with van der Waals surface area (Å²) in [5, 5.41) is 0. The largest absolute Gasteiger partial charge is 0.299 e. The van der Waals surface area contributed by atoms with Gasteiger partial charge in [0, 0.05) is 29.2 Å². The van der Waals surface area contributed by atoms with Gasteiger partial charge >= 0.3 is 0 Å². The first kappa shape index (κ1) is 24.2. The number of rotatable bonds is 1. The van der Waals surface area contributed by atoms with E-state index in [0.717, 1.165) is 23.7 Å². The third-order valence-corrected chi connectivity index (χ3v) is 9.14. The molecule has 2 fully saturated rings. The molecule has 0 saturated carbocycles. The minimum absolute atomic E-state index is 0.263. The number of likely N-dealkylation sites (tertiary alicyclic amines) is 2. The fraction of sp³-hybridized carbons (Fsp3) is 1.00. The molecule has 0 aliphatic carbocycles. The van der Waals surface area contributed by atoms with Gasteiger partial charge in [-0.15, -0.1) is 0 Å². The Hall–Kier alpha value is -0.0800. The Bertz CT molecular complexity index is 511. The SMILES string of the molecule is CC1CC(C)N(C2C(C)CC(C)N(C)C(C)(C)CC2C)C(C)(C)CC(C)C1C. The quantitative estimate of drug-likeness (QED) is 0.490. The van der Waals surface area contributed by atoms with Crippen molar-refractivity contribution in [2.75, 3.05) is 7.05 Å². The van der Waals surface area contributed by atoms with Crippen molar-refractivity contribution in [1.82, 2.24) is 9.80 Å². The van der Waals surface area contributed by atoms with Crippen molar-refractivity contribution in [2.45, 2.75) is 131 Å². The van der Waals surface area contributed by atoms with Crippen LogP contribution in [0.4, 0.5) is 0 Å². The molecule has 0 spiro atoms. The fourth-order valence-corrected chi connectivity index (χ4v) is 7.39. The van der Waals surface area contributed by atoms with Crippen molar-refractivity contribution in [1.29, 1.82) is 0 Å². The lowest BCUT2D eigenvalue weighted by Crippen LogP contribution is -2.63. The first-order chi connectivity index (χ1) is 12.7. The molecule has 0 aromatic carbocycles. The molecule has 0 aromatic heterocycles. The molecular weight excluding hydrogens is 340 g/mol. The summed E-state index contributed by atoms with van der Waals surface area (Å²) in [4.78, 5) is 5.65. The maximum atomic E-state index is 3.01. The van der Waals surface area contributed by atoms with Gasteiger partial charge in [0.15, 0.2) is 0 Å². The van der Waals surface area contributed by atoms with Crippen LogP contribution in [0.1, 0.15) is 102 Å². The Morgan fingerprint density at radius 1 is 0.607 bits per heavy atom. The average Bonchev–Trinajstić information content (AvgIpc) is 2.54. The van der Waals surface area contributed by atoms with Crippen LogP contribution in [-0.2, 0) is 0 Å². The van der Waals surface area contributed by atoms with Crippen molar-refractivity contribution in [3.05, 3.63) is 0 Å². The second-order valence-electron chi connectivity index (χ2n) is 12.5. The molecule has 2 nitrogen and oxygen atoms in total. The minimum atomic E-state index is 0.263. The van der Waals surface area contributed by atoms with Crippen LogP contribution in [0.3, 0.4) is 0 Å². The molecule has 0 radical (unpaired) electrons. The normalized spacial score (nSPS) is 46.3. The van der Waals surface area contributed by atoms with E-state index in [0.29, 0.717) is 24.0 Å². The number of nitrogens with zero attached hydrogens (tertiary/aromatic N) is 2. The molecule has 2 rings (SSSR count). The van der Waals surface area contributed by atoms with E-state index in [1.807, 2.05) is 0 Å². The van der Waals surface area contributed by atoms with E-state index < -0.39 is 0 Å². The van der Waals surface area contributed by atoms with Gasteiger partial charge in [0.05, 0.1) is 0 Å². The summed E-state index contributed by atoms with van der Waals surface area (Å²) >= 11 is 0. The summed E-state index contributed by atoms with van der Waals surface area (Å²) in [5.74, 6) is 3.87. The first-order valence-electron chi connectivity index (χ1n) is 12.2. The van der Waals surface area contributed by atoms with E-state index in [1.165, 1.54) is 25.7 Å². The molecule has 0 aromatic rings. The molecule has 0 amide bonds. The van der Waals surface area contributed by atoms with E-state index in [2.05, 4.69) is 93.0 Å². The lowest BCUT2D eigenvalue weighted by atomic mass is 9.69. The zero-order chi connectivity index (χ0) is 21.6. The average molecular weight is 393 g/mol. The van der Waals surface area contributed by atoms with Gasteiger partial charge < -0.3 is 0 Å². The Balaban J connectivity index is 2.44. The molecule has 2 aliphatic rings. The summed E-state index contributed by atoms with van der Waals surface area (Å²) in [6, 6.07) is 1.98. The predicted octanol–water partition coefficient (Wildman–Crippen LogP) is 6.69. The van der Waals surface area contributed by atoms with Crippen LogP contribution in [0.2, 0.25) is 0 Å². The van der Waals surface area contributed by atoms with Crippen molar-refractivity contribution in [2.24, 2.45) is 29.6 Å². The zero-order valence-corrected chi connectivity index (χ0v) is 21.3. The van der Waals surface area contributed by atoms with Gasteiger partial charge in [-0.05, 0) is 104 Å². The molecule has 8 unspecified atom stereocenters. The van der Waals surface area contributed by atoms with Crippen LogP contribution in [-0.4, -0.2) is 46.1 Å². The van der Waals surface area contributed by atoms with Crippen LogP contribution in [0.25, 0.3) is 0 Å². The Morgan fingerprint density at radius 2 is 1.11 bits per heavy atom. The number of hydrogen-bond donors (Lipinski definition) is 0. The fourth-order valence-electron chi connectivity index (χ4n) is 7.39. The second kappa shape index (κ2) is 8.58. The summed E-state index contributed by atoms with van der Waals surface area (Å²) in [7, 11) is 2.35. The van der Waals surface area contributed by atoms with Gasteiger partial charge in [0.2, 0.25) is 0 Å². The topological polar surface area (TPSA) is 6.48 Å². The van der Waals surface area contributed by atoms with Gasteiger partial charge in [-0.3, -0.25) is 9.80 Å². The lowest BCUT2D eigenvalue weighted by molar-refractivity contribution is -0.0779. The molecule has 2 saturated heterocycles. The van der Waals surface area contributed by atoms with Gasteiger partial charge in [-0.2, -0.15) is 0 Å². The summed E-state index contributed by atoms with van der Waals surface area (Å²) in [6.07, 6.45) is 5.24. The first-order valence-corrected chi connectivity index (χ1v) is 12.2. The molecule has 0 bridgehead atoms. The highest BCUT2D eigenvalue weighted by molar-refractivity contribution is 5.01. The van der Waals surface area contributed by atoms with Crippen LogP contribution in [0.5, 0.6) is 0 Å². The Kier molecular flexibility index (Phi) is 7.41. The van der Waals surface area contributed by atoms with E-state index in [9.17, 15) is 0 Å². The highest BCUT2D eigenvalue weighted by Gasteiger charge is 2.46. The van der Waals surface area contributed by atoms with Crippen LogP contribution < -0.4 is 0 Å².